The van der Waals surface area contributed by atoms with Crippen molar-refractivity contribution in [3.63, 3.8) is 0 Å². The van der Waals surface area contributed by atoms with Gasteiger partial charge in [0.1, 0.15) is 0 Å². The van der Waals surface area contributed by atoms with Crippen LogP contribution in [0.4, 0.5) is 0 Å². The van der Waals surface area contributed by atoms with E-state index < -0.39 is 0 Å². The minimum atomic E-state index is 0.258. The first kappa shape index (κ1) is 7.57. The second-order valence-corrected chi connectivity index (χ2v) is 4.01. The highest BCUT2D eigenvalue weighted by Gasteiger charge is 2.19. The van der Waals surface area contributed by atoms with E-state index in [1.165, 1.54) is 4.88 Å². The Bertz CT molecular complexity index is 368. The number of terminal acetylenes is 1. The molecule has 1 aliphatic carbocycles. The van der Waals surface area contributed by atoms with Gasteiger partial charge in [-0.05, 0) is 18.9 Å². The van der Waals surface area contributed by atoms with Crippen molar-refractivity contribution in [1.29, 1.82) is 0 Å². The molecule has 0 atom stereocenters. The van der Waals surface area contributed by atoms with Gasteiger partial charge in [-0.25, -0.2) is 0 Å². The number of aryl methyl sites for hydroxylation is 1. The number of rotatable bonds is 0. The molecule has 0 spiro atoms. The van der Waals surface area contributed by atoms with Crippen LogP contribution in [-0.4, -0.2) is 5.78 Å². The molecule has 0 radical (unpaired) electrons. The van der Waals surface area contributed by atoms with Crippen molar-refractivity contribution < 1.29 is 4.79 Å². The number of thiophene rings is 1. The van der Waals surface area contributed by atoms with Gasteiger partial charge in [0.15, 0.2) is 5.78 Å². The normalized spacial score (nSPS) is 15.4. The predicted molar refractivity (Wildman–Crippen MR) is 49.5 cm³/mol. The Kier molecular flexibility index (Phi) is 1.74. The molecular formula is C10H8OS. The zero-order chi connectivity index (χ0) is 8.55. The van der Waals surface area contributed by atoms with E-state index in [1.807, 2.05) is 6.07 Å². The molecule has 2 rings (SSSR count). The zero-order valence-corrected chi connectivity index (χ0v) is 7.41. The summed E-state index contributed by atoms with van der Waals surface area (Å²) in [6.45, 7) is 0. The standard InChI is InChI=1S/C10H8OS/c1-2-7-6-8-9(11)4-3-5-10(8)12-7/h1,6H,3-5H2. The number of fused-ring (bicyclic) bond motifs is 1. The van der Waals surface area contributed by atoms with Crippen molar-refractivity contribution in [1.82, 2.24) is 0 Å². The smallest absolute Gasteiger partial charge is 0.164 e. The first-order valence-corrected chi connectivity index (χ1v) is 4.75. The van der Waals surface area contributed by atoms with Gasteiger partial charge in [-0.2, -0.15) is 0 Å². The van der Waals surface area contributed by atoms with Gasteiger partial charge < -0.3 is 0 Å². The molecule has 0 aromatic carbocycles. The average Bonchev–Trinajstić information content (AvgIpc) is 2.49. The van der Waals surface area contributed by atoms with Crippen LogP contribution in [0.3, 0.4) is 0 Å². The molecule has 1 aromatic rings. The Labute approximate surface area is 75.4 Å². The van der Waals surface area contributed by atoms with Gasteiger partial charge in [0.05, 0.1) is 4.88 Å². The Balaban J connectivity index is 2.52. The highest BCUT2D eigenvalue weighted by Crippen LogP contribution is 2.28. The summed E-state index contributed by atoms with van der Waals surface area (Å²) in [6.07, 6.45) is 7.95. The van der Waals surface area contributed by atoms with Crippen LogP contribution in [0, 0.1) is 12.3 Å². The lowest BCUT2D eigenvalue weighted by Crippen LogP contribution is -2.06. The molecule has 0 N–H and O–H groups in total. The van der Waals surface area contributed by atoms with Gasteiger partial charge in [-0.15, -0.1) is 17.8 Å². The second kappa shape index (κ2) is 2.76. The average molecular weight is 176 g/mol. The second-order valence-electron chi connectivity index (χ2n) is 2.87. The Morgan fingerprint density at radius 2 is 2.33 bits per heavy atom. The first-order chi connectivity index (χ1) is 5.81. The molecule has 1 aromatic heterocycles. The fourth-order valence-corrected chi connectivity index (χ4v) is 2.50. The Morgan fingerprint density at radius 3 is 3.00 bits per heavy atom. The molecule has 1 nitrogen and oxygen atoms in total. The Morgan fingerprint density at radius 1 is 1.50 bits per heavy atom. The minimum absolute atomic E-state index is 0.258. The van der Waals surface area contributed by atoms with Crippen LogP contribution in [0.2, 0.25) is 0 Å². The maximum Gasteiger partial charge on any atom is 0.164 e. The van der Waals surface area contributed by atoms with Crippen LogP contribution in [-0.2, 0) is 6.42 Å². The summed E-state index contributed by atoms with van der Waals surface area (Å²) in [5, 5.41) is 0. The predicted octanol–water partition coefficient (Wildman–Crippen LogP) is 2.25. The third-order valence-electron chi connectivity index (χ3n) is 2.06. The molecule has 0 amide bonds. The maximum atomic E-state index is 11.4. The third-order valence-corrected chi connectivity index (χ3v) is 3.19. The number of carbonyl (C=O) groups is 1. The van der Waals surface area contributed by atoms with Crippen molar-refractivity contribution in [3.8, 4) is 12.3 Å². The van der Waals surface area contributed by atoms with Crippen molar-refractivity contribution >= 4 is 17.1 Å². The van der Waals surface area contributed by atoms with E-state index in [0.29, 0.717) is 6.42 Å². The van der Waals surface area contributed by atoms with Gasteiger partial charge in [0, 0.05) is 16.9 Å². The van der Waals surface area contributed by atoms with E-state index in [4.69, 9.17) is 6.42 Å². The molecule has 12 heavy (non-hydrogen) atoms. The number of hydrogen-bond donors (Lipinski definition) is 0. The number of hydrogen-bond acceptors (Lipinski definition) is 2. The molecule has 0 aliphatic heterocycles. The van der Waals surface area contributed by atoms with Gasteiger partial charge in [0.25, 0.3) is 0 Å². The van der Waals surface area contributed by atoms with E-state index in [2.05, 4.69) is 5.92 Å². The largest absolute Gasteiger partial charge is 0.294 e. The summed E-state index contributed by atoms with van der Waals surface area (Å²) in [6, 6.07) is 1.85. The monoisotopic (exact) mass is 176 g/mol. The summed E-state index contributed by atoms with van der Waals surface area (Å²) in [4.78, 5) is 13.4. The fourth-order valence-electron chi connectivity index (χ4n) is 1.47. The summed E-state index contributed by atoms with van der Waals surface area (Å²) < 4.78 is 0. The van der Waals surface area contributed by atoms with E-state index in [1.54, 1.807) is 11.3 Å². The van der Waals surface area contributed by atoms with Crippen LogP contribution in [0.1, 0.15) is 33.0 Å². The summed E-state index contributed by atoms with van der Waals surface area (Å²) in [5.74, 6) is 2.83. The molecule has 1 heterocycles. The van der Waals surface area contributed by atoms with Crippen LogP contribution >= 0.6 is 11.3 Å². The van der Waals surface area contributed by atoms with Crippen LogP contribution in [0.15, 0.2) is 6.07 Å². The van der Waals surface area contributed by atoms with Crippen LogP contribution < -0.4 is 0 Å². The summed E-state index contributed by atoms with van der Waals surface area (Å²) >= 11 is 1.58. The van der Waals surface area contributed by atoms with Gasteiger partial charge in [0.2, 0.25) is 0 Å². The molecule has 0 fully saturated rings. The van der Waals surface area contributed by atoms with Crippen molar-refractivity contribution in [3.05, 3.63) is 21.4 Å². The van der Waals surface area contributed by atoms with Gasteiger partial charge >= 0.3 is 0 Å². The fraction of sp³-hybridized carbons (Fsp3) is 0.300. The summed E-state index contributed by atoms with van der Waals surface area (Å²) in [7, 11) is 0. The van der Waals surface area contributed by atoms with Gasteiger partial charge in [-0.3, -0.25) is 4.79 Å². The molecule has 2 heteroatoms. The molecule has 0 unspecified atom stereocenters. The van der Waals surface area contributed by atoms with Crippen LogP contribution in [0.25, 0.3) is 0 Å². The number of ketones is 1. The van der Waals surface area contributed by atoms with Crippen molar-refractivity contribution in [2.24, 2.45) is 0 Å². The highest BCUT2D eigenvalue weighted by atomic mass is 32.1. The topological polar surface area (TPSA) is 17.1 Å². The zero-order valence-electron chi connectivity index (χ0n) is 6.59. The lowest BCUT2D eigenvalue weighted by Gasteiger charge is -2.07. The lowest BCUT2D eigenvalue weighted by molar-refractivity contribution is 0.0973. The minimum Gasteiger partial charge on any atom is -0.294 e. The number of Topliss-reactive ketones (excluding diaryl/α,β-unsaturated/α-hetero) is 1. The van der Waals surface area contributed by atoms with Gasteiger partial charge in [-0.1, -0.05) is 5.92 Å². The maximum absolute atomic E-state index is 11.4. The molecule has 0 bridgehead atoms. The van der Waals surface area contributed by atoms with Crippen LogP contribution in [0.5, 0.6) is 0 Å². The highest BCUT2D eigenvalue weighted by molar-refractivity contribution is 7.13. The quantitative estimate of drug-likeness (QED) is 0.554. The third kappa shape index (κ3) is 1.07. The van der Waals surface area contributed by atoms with E-state index >= 15 is 0 Å². The lowest BCUT2D eigenvalue weighted by atomic mass is 9.98. The first-order valence-electron chi connectivity index (χ1n) is 3.94. The summed E-state index contributed by atoms with van der Waals surface area (Å²) in [5.41, 5.74) is 0.874. The molecule has 0 saturated heterocycles. The molecule has 0 saturated carbocycles. The van der Waals surface area contributed by atoms with E-state index in [0.717, 1.165) is 23.3 Å². The van der Waals surface area contributed by atoms with E-state index in [9.17, 15) is 4.79 Å². The molecule has 60 valence electrons. The molecule has 1 aliphatic rings. The molecular weight excluding hydrogens is 168 g/mol. The van der Waals surface area contributed by atoms with E-state index in [-0.39, 0.29) is 5.78 Å². The Hall–Kier alpha value is -1.07. The SMILES string of the molecule is C#Cc1cc2c(s1)CCCC2=O. The van der Waals surface area contributed by atoms with Crippen molar-refractivity contribution in [2.75, 3.05) is 0 Å². The van der Waals surface area contributed by atoms with Crippen molar-refractivity contribution in [2.45, 2.75) is 19.3 Å². The number of carbonyl (C=O) groups excluding carboxylic acids is 1.